The molecule has 7 heteroatoms. The van der Waals surface area contributed by atoms with E-state index in [1.807, 2.05) is 84.9 Å². The topological polar surface area (TPSA) is 91.7 Å². The minimum absolute atomic E-state index is 0.496. The van der Waals surface area contributed by atoms with Crippen molar-refractivity contribution in [1.29, 1.82) is 0 Å². The van der Waals surface area contributed by atoms with Crippen LogP contribution in [0.3, 0.4) is 0 Å². The van der Waals surface area contributed by atoms with E-state index in [1.54, 1.807) is 6.26 Å². The van der Waals surface area contributed by atoms with E-state index in [1.165, 1.54) is 0 Å². The van der Waals surface area contributed by atoms with Crippen molar-refractivity contribution in [3.63, 3.8) is 0 Å². The van der Waals surface area contributed by atoms with Gasteiger partial charge in [-0.2, -0.15) is 10.1 Å². The lowest BCUT2D eigenvalue weighted by Crippen LogP contribution is -2.02. The Hall–Kier alpha value is -4.39. The second kappa shape index (κ2) is 7.92. The summed E-state index contributed by atoms with van der Waals surface area (Å²) in [5.74, 6) is 2.52. The van der Waals surface area contributed by atoms with E-state index in [2.05, 4.69) is 30.8 Å². The van der Waals surface area contributed by atoms with Gasteiger partial charge in [0.25, 0.3) is 0 Å². The molecule has 5 rings (SSSR count). The third-order valence-corrected chi connectivity index (χ3v) is 4.44. The first-order valence-corrected chi connectivity index (χ1v) is 9.46. The molecule has 0 saturated heterocycles. The number of benzene rings is 2. The van der Waals surface area contributed by atoms with Crippen LogP contribution in [0.25, 0.3) is 22.7 Å². The fraction of sp³-hybridized carbons (Fsp3) is 0. The molecule has 5 aromatic rings. The third-order valence-electron chi connectivity index (χ3n) is 4.44. The summed E-state index contributed by atoms with van der Waals surface area (Å²) in [6.07, 6.45) is 1.62. The molecule has 146 valence electrons. The fourth-order valence-corrected chi connectivity index (χ4v) is 3.05. The maximum atomic E-state index is 5.40. The van der Waals surface area contributed by atoms with E-state index in [0.29, 0.717) is 29.0 Å². The first-order chi connectivity index (χ1) is 14.8. The normalized spacial score (nSPS) is 10.7. The van der Waals surface area contributed by atoms with Crippen LogP contribution in [0.2, 0.25) is 0 Å². The SMILES string of the molecule is c1ccc(Nc2nc(Nc3cc(-c4ccco4)n[nH]3)cc(-c3ccccc3)n2)cc1. The lowest BCUT2D eigenvalue weighted by atomic mass is 10.1. The first kappa shape index (κ1) is 17.7. The van der Waals surface area contributed by atoms with Gasteiger partial charge in [0.2, 0.25) is 5.95 Å². The van der Waals surface area contributed by atoms with E-state index in [9.17, 15) is 0 Å². The van der Waals surface area contributed by atoms with Crippen LogP contribution in [0, 0.1) is 0 Å². The third kappa shape index (κ3) is 3.90. The van der Waals surface area contributed by atoms with Gasteiger partial charge in [0.1, 0.15) is 17.3 Å². The molecule has 0 amide bonds. The van der Waals surface area contributed by atoms with Crippen LogP contribution in [0.1, 0.15) is 0 Å². The van der Waals surface area contributed by atoms with Crippen molar-refractivity contribution in [3.05, 3.63) is 91.2 Å². The minimum Gasteiger partial charge on any atom is -0.463 e. The zero-order chi connectivity index (χ0) is 20.2. The summed E-state index contributed by atoms with van der Waals surface area (Å²) in [7, 11) is 0. The molecule has 0 radical (unpaired) electrons. The van der Waals surface area contributed by atoms with Crippen molar-refractivity contribution in [1.82, 2.24) is 20.2 Å². The van der Waals surface area contributed by atoms with Gasteiger partial charge in [0.05, 0.1) is 12.0 Å². The van der Waals surface area contributed by atoms with Crippen molar-refractivity contribution >= 4 is 23.3 Å². The number of aromatic nitrogens is 4. The highest BCUT2D eigenvalue weighted by atomic mass is 16.3. The molecule has 0 spiro atoms. The van der Waals surface area contributed by atoms with E-state index >= 15 is 0 Å². The number of H-pyrrole nitrogens is 1. The average molecular weight is 394 g/mol. The number of rotatable bonds is 6. The standard InChI is InChI=1S/C23H18N6O/c1-3-8-16(9-4-1)18-14-21(27-23(25-18)24-17-10-5-2-6-11-17)26-22-15-19(28-29-22)20-12-7-13-30-20/h1-15H,(H3,24,25,26,27,28,29). The van der Waals surface area contributed by atoms with E-state index in [0.717, 1.165) is 16.9 Å². The van der Waals surface area contributed by atoms with Gasteiger partial charge in [-0.25, -0.2) is 4.98 Å². The fourth-order valence-electron chi connectivity index (χ4n) is 3.05. The van der Waals surface area contributed by atoms with Gasteiger partial charge in [0, 0.05) is 23.4 Å². The number of hydrogen-bond donors (Lipinski definition) is 3. The number of furan rings is 1. The lowest BCUT2D eigenvalue weighted by Gasteiger charge is -2.10. The van der Waals surface area contributed by atoms with E-state index < -0.39 is 0 Å². The summed E-state index contributed by atoms with van der Waals surface area (Å²) in [5.41, 5.74) is 3.43. The number of nitrogens with zero attached hydrogens (tertiary/aromatic N) is 3. The lowest BCUT2D eigenvalue weighted by molar-refractivity contribution is 0.580. The predicted molar refractivity (Wildman–Crippen MR) is 117 cm³/mol. The molecule has 3 aromatic heterocycles. The van der Waals surface area contributed by atoms with Gasteiger partial charge in [-0.15, -0.1) is 0 Å². The average Bonchev–Trinajstić information content (AvgIpc) is 3.47. The molecule has 0 saturated carbocycles. The van der Waals surface area contributed by atoms with Crippen molar-refractivity contribution in [2.24, 2.45) is 0 Å². The maximum absolute atomic E-state index is 5.40. The molecule has 0 unspecified atom stereocenters. The Morgan fingerprint density at radius 3 is 2.30 bits per heavy atom. The summed E-state index contributed by atoms with van der Waals surface area (Å²) >= 11 is 0. The van der Waals surface area contributed by atoms with Crippen molar-refractivity contribution < 1.29 is 4.42 Å². The largest absolute Gasteiger partial charge is 0.463 e. The smallest absolute Gasteiger partial charge is 0.229 e. The van der Waals surface area contributed by atoms with Crippen LogP contribution in [-0.2, 0) is 0 Å². The van der Waals surface area contributed by atoms with Gasteiger partial charge < -0.3 is 15.1 Å². The Labute approximate surface area is 172 Å². The molecule has 0 bridgehead atoms. The number of para-hydroxylation sites is 1. The van der Waals surface area contributed by atoms with Crippen LogP contribution in [0.5, 0.6) is 0 Å². The van der Waals surface area contributed by atoms with Gasteiger partial charge in [0.15, 0.2) is 5.76 Å². The number of anilines is 4. The summed E-state index contributed by atoms with van der Waals surface area (Å²) in [4.78, 5) is 9.30. The summed E-state index contributed by atoms with van der Waals surface area (Å²) in [6, 6.07) is 27.3. The molecule has 0 fully saturated rings. The quantitative estimate of drug-likeness (QED) is 0.346. The molecule has 0 atom stereocenters. The second-order valence-electron chi connectivity index (χ2n) is 6.59. The highest BCUT2D eigenvalue weighted by molar-refractivity contribution is 5.69. The predicted octanol–water partition coefficient (Wildman–Crippen LogP) is 5.61. The van der Waals surface area contributed by atoms with Gasteiger partial charge >= 0.3 is 0 Å². The molecular formula is C23H18N6O. The summed E-state index contributed by atoms with van der Waals surface area (Å²) in [6.45, 7) is 0. The minimum atomic E-state index is 0.496. The van der Waals surface area contributed by atoms with Crippen molar-refractivity contribution in [2.45, 2.75) is 0 Å². The van der Waals surface area contributed by atoms with Crippen LogP contribution in [0.15, 0.2) is 95.6 Å². The summed E-state index contributed by atoms with van der Waals surface area (Å²) in [5, 5.41) is 13.8. The Kier molecular flexibility index (Phi) is 4.67. The van der Waals surface area contributed by atoms with Crippen LogP contribution < -0.4 is 10.6 Å². The monoisotopic (exact) mass is 394 g/mol. The zero-order valence-corrected chi connectivity index (χ0v) is 15.9. The number of nitrogens with one attached hydrogen (secondary N) is 3. The zero-order valence-electron chi connectivity index (χ0n) is 15.9. The maximum Gasteiger partial charge on any atom is 0.229 e. The molecule has 3 heterocycles. The Bertz CT molecular complexity index is 1230. The number of hydrogen-bond acceptors (Lipinski definition) is 6. The first-order valence-electron chi connectivity index (χ1n) is 9.46. The molecule has 0 aliphatic rings. The Morgan fingerprint density at radius 1 is 0.733 bits per heavy atom. The molecule has 3 N–H and O–H groups in total. The Morgan fingerprint density at radius 2 is 1.53 bits per heavy atom. The van der Waals surface area contributed by atoms with Gasteiger partial charge in [-0.3, -0.25) is 5.10 Å². The molecular weight excluding hydrogens is 376 g/mol. The van der Waals surface area contributed by atoms with Crippen LogP contribution in [0.4, 0.5) is 23.3 Å². The van der Waals surface area contributed by atoms with Crippen LogP contribution >= 0.6 is 0 Å². The highest BCUT2D eigenvalue weighted by Crippen LogP contribution is 2.26. The number of aromatic amines is 1. The van der Waals surface area contributed by atoms with Crippen molar-refractivity contribution in [2.75, 3.05) is 10.6 Å². The van der Waals surface area contributed by atoms with Crippen LogP contribution in [-0.4, -0.2) is 20.2 Å². The summed E-state index contributed by atoms with van der Waals surface area (Å²) < 4.78 is 5.40. The molecule has 7 nitrogen and oxygen atoms in total. The van der Waals surface area contributed by atoms with Gasteiger partial charge in [-0.1, -0.05) is 48.5 Å². The molecule has 2 aromatic carbocycles. The van der Waals surface area contributed by atoms with Gasteiger partial charge in [-0.05, 0) is 24.3 Å². The second-order valence-corrected chi connectivity index (χ2v) is 6.59. The molecule has 0 aliphatic heterocycles. The molecule has 0 aliphatic carbocycles. The highest BCUT2D eigenvalue weighted by Gasteiger charge is 2.10. The molecule has 30 heavy (non-hydrogen) atoms. The van der Waals surface area contributed by atoms with Crippen molar-refractivity contribution in [3.8, 4) is 22.7 Å². The van der Waals surface area contributed by atoms with E-state index in [-0.39, 0.29) is 0 Å². The Balaban J connectivity index is 1.48. The van der Waals surface area contributed by atoms with E-state index in [4.69, 9.17) is 4.42 Å².